The van der Waals surface area contributed by atoms with E-state index >= 15 is 0 Å². The van der Waals surface area contributed by atoms with Crippen molar-refractivity contribution < 1.29 is 0 Å². The minimum Gasteiger partial charge on any atom is -0.311 e. The molecule has 360 valence electrons. The van der Waals surface area contributed by atoms with Crippen LogP contribution in [-0.2, 0) is 43.3 Å². The second kappa shape index (κ2) is 14.1. The van der Waals surface area contributed by atoms with Crippen LogP contribution in [0.25, 0.3) is 11.1 Å². The van der Waals surface area contributed by atoms with Gasteiger partial charge in [-0.2, -0.15) is 0 Å². The number of benzene rings is 6. The van der Waals surface area contributed by atoms with Gasteiger partial charge < -0.3 is 9.80 Å². The van der Waals surface area contributed by atoms with Crippen molar-refractivity contribution in [2.45, 2.75) is 200 Å². The Morgan fingerprint density at radius 2 is 0.829 bits per heavy atom. The molecular formula is C67H79BN2. The Balaban J connectivity index is 1.25. The Morgan fingerprint density at radius 1 is 0.386 bits per heavy atom. The first-order valence-electron chi connectivity index (χ1n) is 27.1. The number of fused-ring (bicyclic) bond motifs is 10. The lowest BCUT2D eigenvalue weighted by molar-refractivity contribution is 0.332. The molecule has 0 aromatic heterocycles. The van der Waals surface area contributed by atoms with E-state index in [0.717, 1.165) is 0 Å². The fraction of sp³-hybridized carbons (Fsp3) is 0.463. The molecule has 2 heterocycles. The first-order valence-corrected chi connectivity index (χ1v) is 27.1. The molecule has 6 aromatic rings. The molecule has 6 aromatic carbocycles. The highest BCUT2D eigenvalue weighted by molar-refractivity contribution is 7.00. The van der Waals surface area contributed by atoms with Gasteiger partial charge >= 0.3 is 0 Å². The van der Waals surface area contributed by atoms with Gasteiger partial charge in [0.15, 0.2) is 0 Å². The zero-order valence-electron chi connectivity index (χ0n) is 46.0. The van der Waals surface area contributed by atoms with Gasteiger partial charge in [-0.15, -0.1) is 0 Å². The van der Waals surface area contributed by atoms with Crippen molar-refractivity contribution in [3.05, 3.63) is 147 Å². The maximum absolute atomic E-state index is 2.79. The maximum Gasteiger partial charge on any atom is 0.252 e. The highest BCUT2D eigenvalue weighted by Gasteiger charge is 2.51. The van der Waals surface area contributed by atoms with E-state index in [4.69, 9.17) is 0 Å². The van der Waals surface area contributed by atoms with E-state index in [2.05, 4.69) is 225 Å². The third-order valence-electron chi connectivity index (χ3n) is 19.8. The summed E-state index contributed by atoms with van der Waals surface area (Å²) in [5.74, 6) is 0. The molecule has 2 nitrogen and oxygen atoms in total. The maximum atomic E-state index is 2.79. The molecule has 12 rings (SSSR count). The molecule has 3 heteroatoms. The third kappa shape index (κ3) is 6.30. The molecule has 0 unspecified atom stereocenters. The van der Waals surface area contributed by atoms with Crippen LogP contribution in [0.1, 0.15) is 206 Å². The van der Waals surface area contributed by atoms with Crippen molar-refractivity contribution >= 4 is 57.2 Å². The van der Waals surface area contributed by atoms with E-state index in [1.54, 1.807) is 0 Å². The van der Waals surface area contributed by atoms with Crippen LogP contribution in [0.5, 0.6) is 0 Å². The summed E-state index contributed by atoms with van der Waals surface area (Å²) in [7, 11) is 0. The summed E-state index contributed by atoms with van der Waals surface area (Å²) in [6.45, 7) is 42.3. The van der Waals surface area contributed by atoms with Gasteiger partial charge in [0.2, 0.25) is 0 Å². The largest absolute Gasteiger partial charge is 0.311 e. The van der Waals surface area contributed by atoms with Crippen molar-refractivity contribution in [3.63, 3.8) is 0 Å². The number of nitrogens with zero attached hydrogens (tertiary/aromatic N) is 2. The van der Waals surface area contributed by atoms with Gasteiger partial charge in [-0.1, -0.05) is 172 Å². The molecule has 0 fully saturated rings. The highest BCUT2D eigenvalue weighted by atomic mass is 15.2. The van der Waals surface area contributed by atoms with Crippen LogP contribution < -0.4 is 26.2 Å². The highest BCUT2D eigenvalue weighted by Crippen LogP contribution is 2.58. The average molecular weight is 923 g/mol. The van der Waals surface area contributed by atoms with Crippen LogP contribution in [0.3, 0.4) is 0 Å². The van der Waals surface area contributed by atoms with Crippen molar-refractivity contribution in [3.8, 4) is 11.1 Å². The van der Waals surface area contributed by atoms with E-state index in [-0.39, 0.29) is 50.0 Å². The molecule has 0 atom stereocenters. The Labute approximate surface area is 422 Å². The van der Waals surface area contributed by atoms with Crippen LogP contribution in [0.4, 0.5) is 34.1 Å². The molecule has 0 radical (unpaired) electrons. The first kappa shape index (κ1) is 46.1. The van der Waals surface area contributed by atoms with Crippen molar-refractivity contribution in [1.82, 2.24) is 0 Å². The van der Waals surface area contributed by atoms with Crippen molar-refractivity contribution in [2.75, 3.05) is 9.80 Å². The molecule has 0 spiro atoms. The summed E-state index contributed by atoms with van der Waals surface area (Å²) in [5.41, 5.74) is 28.5. The van der Waals surface area contributed by atoms with Gasteiger partial charge in [-0.05, 0) is 196 Å². The van der Waals surface area contributed by atoms with Crippen LogP contribution in [-0.4, -0.2) is 6.71 Å². The van der Waals surface area contributed by atoms with Crippen molar-refractivity contribution in [2.24, 2.45) is 0 Å². The van der Waals surface area contributed by atoms with E-state index in [1.807, 2.05) is 0 Å². The predicted molar refractivity (Wildman–Crippen MR) is 303 cm³/mol. The van der Waals surface area contributed by atoms with Gasteiger partial charge in [-0.25, -0.2) is 0 Å². The quantitative estimate of drug-likeness (QED) is 0.159. The molecular weight excluding hydrogens is 844 g/mol. The van der Waals surface area contributed by atoms with Gasteiger partial charge in [0.05, 0.1) is 5.69 Å². The van der Waals surface area contributed by atoms with Crippen molar-refractivity contribution in [1.29, 1.82) is 0 Å². The molecule has 6 aliphatic rings. The summed E-state index contributed by atoms with van der Waals surface area (Å²) in [5, 5.41) is 0. The van der Waals surface area contributed by atoms with E-state index in [1.165, 1.54) is 150 Å². The summed E-state index contributed by atoms with van der Waals surface area (Å²) >= 11 is 0. The van der Waals surface area contributed by atoms with Gasteiger partial charge in [0.1, 0.15) is 0 Å². The standard InChI is InChI=1S/C67H79BN2/c1-60(2,3)40-33-56-59-57(34-40)70(53-24-20-22-43-42-21-18-19-23-44(42)67(16,17)58(43)53)55-39-50-48(64(10,11)30-32-66(50,14)15)37-52(55)68(59)51-36-47-49(65(12,13)31-29-63(47,8)9)38-54(51)69(56)41-25-26-45-46(35-41)62(6,7)28-27-61(45,4)5/h18-26,33-39H,27-32H2,1-17H3. The molecule has 4 aliphatic carbocycles. The topological polar surface area (TPSA) is 6.48 Å². The molecule has 0 N–H and O–H groups in total. The predicted octanol–water partition coefficient (Wildman–Crippen LogP) is 16.4. The molecule has 2 aliphatic heterocycles. The van der Waals surface area contributed by atoms with E-state index in [9.17, 15) is 0 Å². The van der Waals surface area contributed by atoms with Gasteiger partial charge in [0.25, 0.3) is 6.71 Å². The van der Waals surface area contributed by atoms with Gasteiger partial charge in [-0.3, -0.25) is 0 Å². The summed E-state index contributed by atoms with van der Waals surface area (Å²) in [4.78, 5) is 5.55. The lowest BCUT2D eigenvalue weighted by Gasteiger charge is -2.50. The van der Waals surface area contributed by atoms with Crippen LogP contribution in [0.15, 0.2) is 97.1 Å². The normalized spacial score (nSPS) is 21.6. The second-order valence-corrected chi connectivity index (χ2v) is 28.6. The van der Waals surface area contributed by atoms with E-state index in [0.29, 0.717) is 0 Å². The molecule has 0 amide bonds. The smallest absolute Gasteiger partial charge is 0.252 e. The lowest BCUT2D eigenvalue weighted by atomic mass is 9.32. The van der Waals surface area contributed by atoms with Crippen LogP contribution in [0, 0.1) is 0 Å². The minimum absolute atomic E-state index is 0.0448. The zero-order valence-corrected chi connectivity index (χ0v) is 46.0. The SMILES string of the molecule is CC(C)(C)c1cc2c3c(c1)N(c1cccc4c1C(C)(C)c1ccccc1-4)c1cc4c(cc1B3c1cc3c(cc1N2c1ccc2c(c1)C(C)(C)CCC2(C)C)C(C)(C)CCC3(C)C)C(C)(C)CCC4(C)C. The zero-order chi connectivity index (χ0) is 49.8. The van der Waals surface area contributed by atoms with Crippen LogP contribution >= 0.6 is 0 Å². The molecule has 70 heavy (non-hydrogen) atoms. The summed E-state index contributed by atoms with van der Waals surface area (Å²) < 4.78 is 0. The number of anilines is 6. The van der Waals surface area contributed by atoms with E-state index < -0.39 is 0 Å². The fourth-order valence-electron chi connectivity index (χ4n) is 14.8. The number of hydrogen-bond donors (Lipinski definition) is 0. The van der Waals surface area contributed by atoms with Crippen LogP contribution in [0.2, 0.25) is 0 Å². The Hall–Kier alpha value is -5.02. The number of hydrogen-bond acceptors (Lipinski definition) is 2. The Bertz CT molecular complexity index is 3250. The fourth-order valence-corrected chi connectivity index (χ4v) is 14.8. The third-order valence-corrected chi connectivity index (χ3v) is 19.8. The second-order valence-electron chi connectivity index (χ2n) is 28.6. The molecule has 0 bridgehead atoms. The molecule has 0 saturated carbocycles. The monoisotopic (exact) mass is 923 g/mol. The lowest BCUT2D eigenvalue weighted by Crippen LogP contribution is -2.62. The Morgan fingerprint density at radius 3 is 1.36 bits per heavy atom. The summed E-state index contributed by atoms with van der Waals surface area (Å²) in [6, 6.07) is 40.2. The summed E-state index contributed by atoms with van der Waals surface area (Å²) in [6.07, 6.45) is 7.12. The average Bonchev–Trinajstić information content (AvgIpc) is 3.53. The number of rotatable bonds is 2. The minimum atomic E-state index is -0.198. The molecule has 0 saturated heterocycles. The first-order chi connectivity index (χ1) is 32.6. The van der Waals surface area contributed by atoms with Gasteiger partial charge in [0, 0.05) is 33.9 Å². The Kier molecular flexibility index (Phi) is 9.31.